The molecule has 0 aliphatic carbocycles. The summed E-state index contributed by atoms with van der Waals surface area (Å²) in [4.78, 5) is 26.7. The van der Waals surface area contributed by atoms with E-state index in [2.05, 4.69) is 10.3 Å². The molecule has 0 spiro atoms. The van der Waals surface area contributed by atoms with E-state index in [0.29, 0.717) is 11.4 Å². The molecule has 2 rings (SSSR count). The van der Waals surface area contributed by atoms with Gasteiger partial charge in [-0.3, -0.25) is 14.9 Å². The van der Waals surface area contributed by atoms with E-state index in [1.165, 1.54) is 6.07 Å². The molecule has 0 saturated carbocycles. The molecule has 0 aliphatic heterocycles. The molecule has 2 aromatic rings. The van der Waals surface area contributed by atoms with Crippen molar-refractivity contribution in [2.45, 2.75) is 13.8 Å². The van der Waals surface area contributed by atoms with Gasteiger partial charge in [0.25, 0.3) is 11.6 Å². The number of para-hydroxylation sites is 1. The Bertz CT molecular complexity index is 683. The Labute approximate surface area is 115 Å². The average Bonchev–Trinajstić information content (AvgIpc) is 2.37. The van der Waals surface area contributed by atoms with Crippen molar-refractivity contribution in [1.29, 1.82) is 0 Å². The van der Waals surface area contributed by atoms with Gasteiger partial charge in [-0.2, -0.15) is 0 Å². The Balaban J connectivity index is 2.35. The quantitative estimate of drug-likeness (QED) is 0.687. The fourth-order valence-electron chi connectivity index (χ4n) is 1.87. The topological polar surface area (TPSA) is 85.1 Å². The number of aryl methyl sites for hydroxylation is 2. The van der Waals surface area contributed by atoms with Gasteiger partial charge in [0.2, 0.25) is 0 Å². The summed E-state index contributed by atoms with van der Waals surface area (Å²) < 4.78 is 0. The van der Waals surface area contributed by atoms with Crippen molar-refractivity contribution in [3.05, 3.63) is 63.3 Å². The number of hydrogen-bond acceptors (Lipinski definition) is 4. The molecular formula is C14H13N3O3. The number of hydrogen-bond donors (Lipinski definition) is 1. The van der Waals surface area contributed by atoms with E-state index < -0.39 is 10.8 Å². The number of pyridine rings is 1. The van der Waals surface area contributed by atoms with Gasteiger partial charge in [0.15, 0.2) is 0 Å². The number of carbonyl (C=O) groups is 1. The van der Waals surface area contributed by atoms with Crippen LogP contribution in [0.3, 0.4) is 0 Å². The Morgan fingerprint density at radius 3 is 2.70 bits per heavy atom. The SMILES string of the molecule is Cc1ccnc(NC(=O)c2cccc(C)c2[N+](=O)[O-])c1. The Morgan fingerprint density at radius 1 is 1.30 bits per heavy atom. The van der Waals surface area contributed by atoms with E-state index in [0.717, 1.165) is 5.56 Å². The lowest BCUT2D eigenvalue weighted by Crippen LogP contribution is -2.15. The van der Waals surface area contributed by atoms with Crippen molar-refractivity contribution >= 4 is 17.4 Å². The van der Waals surface area contributed by atoms with Gasteiger partial charge < -0.3 is 5.32 Å². The molecule has 0 bridgehead atoms. The van der Waals surface area contributed by atoms with Crippen LogP contribution in [0, 0.1) is 24.0 Å². The van der Waals surface area contributed by atoms with Crippen molar-refractivity contribution < 1.29 is 9.72 Å². The van der Waals surface area contributed by atoms with Crippen LogP contribution in [-0.4, -0.2) is 15.8 Å². The second kappa shape index (κ2) is 5.48. The molecule has 1 aromatic heterocycles. The van der Waals surface area contributed by atoms with E-state index in [1.807, 2.05) is 6.92 Å². The first-order chi connectivity index (χ1) is 9.49. The fraction of sp³-hybridized carbons (Fsp3) is 0.143. The van der Waals surface area contributed by atoms with Gasteiger partial charge in [0.1, 0.15) is 11.4 Å². The molecule has 0 atom stereocenters. The van der Waals surface area contributed by atoms with Crippen LogP contribution >= 0.6 is 0 Å². The summed E-state index contributed by atoms with van der Waals surface area (Å²) in [6.07, 6.45) is 1.57. The van der Waals surface area contributed by atoms with Crippen LogP contribution in [0.1, 0.15) is 21.5 Å². The van der Waals surface area contributed by atoms with Gasteiger partial charge in [-0.15, -0.1) is 0 Å². The molecule has 1 amide bonds. The van der Waals surface area contributed by atoms with Crippen LogP contribution in [0.5, 0.6) is 0 Å². The normalized spacial score (nSPS) is 10.1. The standard InChI is InChI=1S/C14H13N3O3/c1-9-6-7-15-12(8-9)16-14(18)11-5-3-4-10(2)13(11)17(19)20/h3-8H,1-2H3,(H,15,16,18). The minimum Gasteiger partial charge on any atom is -0.306 e. The molecule has 20 heavy (non-hydrogen) atoms. The molecule has 0 aliphatic rings. The van der Waals surface area contributed by atoms with E-state index >= 15 is 0 Å². The molecule has 0 saturated heterocycles. The summed E-state index contributed by atoms with van der Waals surface area (Å²) in [6.45, 7) is 3.46. The lowest BCUT2D eigenvalue weighted by atomic mass is 10.1. The molecular weight excluding hydrogens is 258 g/mol. The minimum absolute atomic E-state index is 0.0262. The van der Waals surface area contributed by atoms with Crippen LogP contribution in [0.2, 0.25) is 0 Å². The number of nitro groups is 1. The molecule has 0 unspecified atom stereocenters. The van der Waals surface area contributed by atoms with Crippen LogP contribution in [0.15, 0.2) is 36.5 Å². The predicted molar refractivity (Wildman–Crippen MR) is 74.8 cm³/mol. The number of aromatic nitrogens is 1. The third-order valence-electron chi connectivity index (χ3n) is 2.82. The molecule has 1 aromatic carbocycles. The predicted octanol–water partition coefficient (Wildman–Crippen LogP) is 2.86. The first-order valence-electron chi connectivity index (χ1n) is 5.97. The average molecular weight is 271 g/mol. The lowest BCUT2D eigenvalue weighted by molar-refractivity contribution is -0.385. The Morgan fingerprint density at radius 2 is 2.05 bits per heavy atom. The highest BCUT2D eigenvalue weighted by molar-refractivity contribution is 6.06. The van der Waals surface area contributed by atoms with E-state index in [-0.39, 0.29) is 11.3 Å². The number of benzene rings is 1. The highest BCUT2D eigenvalue weighted by Crippen LogP contribution is 2.23. The second-order valence-electron chi connectivity index (χ2n) is 4.40. The number of rotatable bonds is 3. The Hall–Kier alpha value is -2.76. The number of nitrogens with zero attached hydrogens (tertiary/aromatic N) is 2. The summed E-state index contributed by atoms with van der Waals surface area (Å²) >= 11 is 0. The maximum absolute atomic E-state index is 12.1. The molecule has 1 N–H and O–H groups in total. The van der Waals surface area contributed by atoms with E-state index in [9.17, 15) is 14.9 Å². The minimum atomic E-state index is -0.548. The number of amides is 1. The summed E-state index contributed by atoms with van der Waals surface area (Å²) in [5, 5.41) is 13.6. The van der Waals surface area contributed by atoms with Crippen molar-refractivity contribution in [1.82, 2.24) is 4.98 Å². The third-order valence-corrected chi connectivity index (χ3v) is 2.82. The van der Waals surface area contributed by atoms with Gasteiger partial charge in [-0.05, 0) is 37.6 Å². The van der Waals surface area contributed by atoms with Crippen LogP contribution in [0.4, 0.5) is 11.5 Å². The van der Waals surface area contributed by atoms with Gasteiger partial charge in [-0.1, -0.05) is 12.1 Å². The number of anilines is 1. The smallest absolute Gasteiger partial charge is 0.285 e. The first-order valence-corrected chi connectivity index (χ1v) is 5.97. The summed E-state index contributed by atoms with van der Waals surface area (Å²) in [6, 6.07) is 8.13. The highest BCUT2D eigenvalue weighted by Gasteiger charge is 2.22. The number of nitro benzene ring substituents is 1. The van der Waals surface area contributed by atoms with Gasteiger partial charge >= 0.3 is 0 Å². The van der Waals surface area contributed by atoms with Gasteiger partial charge in [0.05, 0.1) is 4.92 Å². The zero-order chi connectivity index (χ0) is 14.7. The highest BCUT2D eigenvalue weighted by atomic mass is 16.6. The van der Waals surface area contributed by atoms with E-state index in [4.69, 9.17) is 0 Å². The van der Waals surface area contributed by atoms with Crippen molar-refractivity contribution in [2.75, 3.05) is 5.32 Å². The molecule has 0 radical (unpaired) electrons. The first kappa shape index (κ1) is 13.7. The third kappa shape index (κ3) is 2.80. The molecule has 6 nitrogen and oxygen atoms in total. The largest absolute Gasteiger partial charge is 0.306 e. The number of carbonyl (C=O) groups excluding carboxylic acids is 1. The van der Waals surface area contributed by atoms with Crippen LogP contribution < -0.4 is 5.32 Å². The van der Waals surface area contributed by atoms with E-state index in [1.54, 1.807) is 37.4 Å². The van der Waals surface area contributed by atoms with Crippen molar-refractivity contribution in [3.63, 3.8) is 0 Å². The Kier molecular flexibility index (Phi) is 3.74. The summed E-state index contributed by atoms with van der Waals surface area (Å²) in [5.41, 5.74) is 1.23. The van der Waals surface area contributed by atoms with Crippen LogP contribution in [-0.2, 0) is 0 Å². The van der Waals surface area contributed by atoms with Gasteiger partial charge in [-0.25, -0.2) is 4.98 Å². The zero-order valence-electron chi connectivity index (χ0n) is 11.1. The molecule has 6 heteroatoms. The molecule has 0 fully saturated rings. The lowest BCUT2D eigenvalue weighted by Gasteiger charge is -2.07. The zero-order valence-corrected chi connectivity index (χ0v) is 11.1. The fourth-order valence-corrected chi connectivity index (χ4v) is 1.87. The maximum atomic E-state index is 12.1. The monoisotopic (exact) mass is 271 g/mol. The summed E-state index contributed by atoms with van der Waals surface area (Å²) in [7, 11) is 0. The van der Waals surface area contributed by atoms with Crippen molar-refractivity contribution in [2.24, 2.45) is 0 Å². The summed E-state index contributed by atoms with van der Waals surface area (Å²) in [5.74, 6) is -0.177. The van der Waals surface area contributed by atoms with Gasteiger partial charge in [0, 0.05) is 11.8 Å². The maximum Gasteiger partial charge on any atom is 0.285 e. The molecule has 102 valence electrons. The molecule has 1 heterocycles. The second-order valence-corrected chi connectivity index (χ2v) is 4.40. The van der Waals surface area contributed by atoms with Crippen LogP contribution in [0.25, 0.3) is 0 Å². The van der Waals surface area contributed by atoms with Crippen molar-refractivity contribution in [3.8, 4) is 0 Å². The number of nitrogens with one attached hydrogen (secondary N) is 1.